The number of nitrogens with one attached hydrogen (secondary N) is 3. The summed E-state index contributed by atoms with van der Waals surface area (Å²) in [6.07, 6.45) is -1.29. The monoisotopic (exact) mass is 721 g/mol. The molecule has 2 amide bonds. The number of carbonyl (C=O) groups excluding carboxylic acids is 2. The van der Waals surface area contributed by atoms with Gasteiger partial charge < -0.3 is 15.4 Å². The first-order chi connectivity index (χ1) is 23.3. The van der Waals surface area contributed by atoms with E-state index in [0.29, 0.717) is 16.8 Å². The Kier molecular flexibility index (Phi) is 9.66. The van der Waals surface area contributed by atoms with Crippen LogP contribution in [0, 0.1) is 10.8 Å². The van der Waals surface area contributed by atoms with Crippen LogP contribution in [0.3, 0.4) is 0 Å². The van der Waals surface area contributed by atoms with Crippen LogP contribution in [0.25, 0.3) is 11.1 Å². The van der Waals surface area contributed by atoms with Crippen LogP contribution in [0.4, 0.5) is 32.4 Å². The zero-order valence-electron chi connectivity index (χ0n) is 27.2. The highest BCUT2D eigenvalue weighted by molar-refractivity contribution is 6.33. The first-order valence-electron chi connectivity index (χ1n) is 15.1. The Morgan fingerprint density at radius 3 is 2.42 bits per heavy atom. The van der Waals surface area contributed by atoms with E-state index < -0.39 is 60.3 Å². The third-order valence-electron chi connectivity index (χ3n) is 7.81. The number of hydrazone groups is 1. The van der Waals surface area contributed by atoms with E-state index in [9.17, 15) is 31.5 Å². The number of amides is 2. The molecule has 5 rings (SSSR count). The number of hydrogen-bond donors (Lipinski definition) is 3. The lowest BCUT2D eigenvalue weighted by Gasteiger charge is -2.35. The minimum Gasteiger partial charge on any atom is -0.447 e. The van der Waals surface area contributed by atoms with Crippen molar-refractivity contribution in [3.63, 3.8) is 0 Å². The Hall–Kier alpha value is -5.06. The summed E-state index contributed by atoms with van der Waals surface area (Å²) in [6.45, 7) is 3.25. The van der Waals surface area contributed by atoms with Gasteiger partial charge in [-0.3, -0.25) is 19.8 Å². The van der Waals surface area contributed by atoms with Crippen molar-refractivity contribution in [1.29, 1.82) is 5.41 Å². The molecule has 2 atom stereocenters. The Morgan fingerprint density at radius 1 is 1.12 bits per heavy atom. The van der Waals surface area contributed by atoms with Crippen molar-refractivity contribution in [2.45, 2.75) is 51.0 Å². The summed E-state index contributed by atoms with van der Waals surface area (Å²) < 4.78 is 74.8. The van der Waals surface area contributed by atoms with Crippen LogP contribution in [0.5, 0.6) is 0 Å². The summed E-state index contributed by atoms with van der Waals surface area (Å²) in [4.78, 5) is 31.5. The number of ether oxygens (including phenoxy) is 1. The van der Waals surface area contributed by atoms with Gasteiger partial charge in [-0.15, -0.1) is 0 Å². The van der Waals surface area contributed by atoms with E-state index in [2.05, 4.69) is 20.5 Å². The highest BCUT2D eigenvalue weighted by Gasteiger charge is 2.54. The van der Waals surface area contributed by atoms with Crippen LogP contribution in [-0.4, -0.2) is 70.6 Å². The first-order valence-corrected chi connectivity index (χ1v) is 15.5. The van der Waals surface area contributed by atoms with Gasteiger partial charge in [-0.25, -0.2) is 9.79 Å². The fraction of sp³-hybridized carbons (Fsp3) is 0.375. The number of anilines is 1. The molecule has 1 aromatic heterocycles. The highest BCUT2D eigenvalue weighted by Crippen LogP contribution is 2.44. The minimum absolute atomic E-state index is 0.0555. The predicted molar refractivity (Wildman–Crippen MR) is 176 cm³/mol. The molecule has 3 aromatic rings. The standard InChI is InChI=1S/C32H33ClF5N9O3/c1-29(2,3)15-30(22-8-5-19(6-9-22)21-12-42-45(4)13-21)26(48)46(27(39)44-30)25(14-50-28(49)41-16-31(34,35)36)20-7-10-23(33)24(11-20)47-32(37,38)17-40-18-43-47/h5-13,17-18,25H,14-16H2,1-4H3,(H2,39,44)(H,41,49)/t25-,30-/m1/s1. The zero-order chi connectivity index (χ0) is 36.6. The summed E-state index contributed by atoms with van der Waals surface area (Å²) >= 11 is 6.31. The molecule has 0 aliphatic carbocycles. The third-order valence-corrected chi connectivity index (χ3v) is 8.13. The predicted octanol–water partition coefficient (Wildman–Crippen LogP) is 6.20. The molecule has 1 saturated heterocycles. The maximum atomic E-state index is 14.8. The maximum Gasteiger partial charge on any atom is 0.407 e. The molecule has 50 heavy (non-hydrogen) atoms. The van der Waals surface area contributed by atoms with Gasteiger partial charge in [-0.05, 0) is 40.7 Å². The molecule has 2 aliphatic rings. The smallest absolute Gasteiger partial charge is 0.407 e. The molecule has 266 valence electrons. The van der Waals surface area contributed by atoms with Crippen molar-refractivity contribution in [2.75, 3.05) is 18.2 Å². The Bertz CT molecular complexity index is 1840. The second-order valence-electron chi connectivity index (χ2n) is 13.0. The molecule has 1 fully saturated rings. The summed E-state index contributed by atoms with van der Waals surface area (Å²) in [7, 11) is 1.78. The zero-order valence-corrected chi connectivity index (χ0v) is 28.0. The molecule has 12 nitrogen and oxygen atoms in total. The number of halogens is 6. The van der Waals surface area contributed by atoms with E-state index in [-0.39, 0.29) is 22.7 Å². The van der Waals surface area contributed by atoms with Gasteiger partial charge in [-0.1, -0.05) is 62.7 Å². The van der Waals surface area contributed by atoms with Crippen molar-refractivity contribution < 1.29 is 36.3 Å². The Morgan fingerprint density at radius 2 is 1.82 bits per heavy atom. The van der Waals surface area contributed by atoms with Gasteiger partial charge in [0.2, 0.25) is 0 Å². The van der Waals surface area contributed by atoms with Crippen LogP contribution in [0.15, 0.2) is 65.0 Å². The van der Waals surface area contributed by atoms with Gasteiger partial charge in [0.25, 0.3) is 5.91 Å². The number of hydrogen-bond acceptors (Lipinski definition) is 8. The molecule has 0 unspecified atom stereocenters. The van der Waals surface area contributed by atoms with Crippen molar-refractivity contribution in [2.24, 2.45) is 22.6 Å². The number of carbonyl (C=O) groups is 2. The topological polar surface area (TPSA) is 140 Å². The van der Waals surface area contributed by atoms with Crippen molar-refractivity contribution in [3.8, 4) is 11.1 Å². The first kappa shape index (κ1) is 36.2. The van der Waals surface area contributed by atoms with Gasteiger partial charge in [0, 0.05) is 18.8 Å². The SMILES string of the molecule is Cn1cc(-c2ccc([C@@]3(CC(C)(C)C)NC(=N)N([C@H](COC(=O)NCC(F)(F)F)c4ccc(Cl)c(N5N=CN=CC5(F)F)c4)C3=O)cc2)cn1. The Labute approximate surface area is 288 Å². The number of rotatable bonds is 9. The molecule has 3 heterocycles. The number of aryl methyl sites for hydroxylation is 1. The van der Waals surface area contributed by atoms with Crippen LogP contribution in [0.1, 0.15) is 44.4 Å². The fourth-order valence-electron chi connectivity index (χ4n) is 5.81. The number of alkyl carbamates (subject to hydrolysis) is 1. The average molecular weight is 722 g/mol. The number of guanidine groups is 1. The molecule has 0 spiro atoms. The molecule has 0 radical (unpaired) electrons. The van der Waals surface area contributed by atoms with Gasteiger partial charge in [0.05, 0.1) is 29.2 Å². The lowest BCUT2D eigenvalue weighted by atomic mass is 9.75. The fourth-order valence-corrected chi connectivity index (χ4v) is 6.00. The molecule has 2 aromatic carbocycles. The van der Waals surface area contributed by atoms with Gasteiger partial charge in [-0.2, -0.15) is 37.2 Å². The largest absolute Gasteiger partial charge is 0.447 e. The van der Waals surface area contributed by atoms with Crippen molar-refractivity contribution in [3.05, 3.63) is 71.0 Å². The molecule has 3 N–H and O–H groups in total. The molecule has 0 saturated carbocycles. The van der Waals surface area contributed by atoms with Gasteiger partial charge in [0.15, 0.2) is 5.96 Å². The minimum atomic E-state index is -4.73. The number of nitrogens with zero attached hydrogens (tertiary/aromatic N) is 6. The van der Waals surface area contributed by atoms with E-state index in [0.717, 1.165) is 22.4 Å². The molecule has 0 bridgehead atoms. The van der Waals surface area contributed by atoms with E-state index in [1.54, 1.807) is 47.5 Å². The van der Waals surface area contributed by atoms with E-state index >= 15 is 0 Å². The number of benzene rings is 2. The summed E-state index contributed by atoms with van der Waals surface area (Å²) in [5, 5.41) is 21.6. The molecular weight excluding hydrogens is 689 g/mol. The van der Waals surface area contributed by atoms with Crippen LogP contribution < -0.4 is 15.6 Å². The summed E-state index contributed by atoms with van der Waals surface area (Å²) in [5.41, 5.74) is -0.151. The van der Waals surface area contributed by atoms with Crippen LogP contribution in [-0.2, 0) is 22.1 Å². The number of alkyl halides is 5. The summed E-state index contributed by atoms with van der Waals surface area (Å²) in [5.74, 6) is -1.08. The number of aromatic nitrogens is 2. The quantitative estimate of drug-likeness (QED) is 0.178. The van der Waals surface area contributed by atoms with Crippen molar-refractivity contribution >= 4 is 47.8 Å². The van der Waals surface area contributed by atoms with E-state index in [4.69, 9.17) is 21.7 Å². The second-order valence-corrected chi connectivity index (χ2v) is 13.4. The summed E-state index contributed by atoms with van der Waals surface area (Å²) in [6, 6.07) is 5.76. The molecule has 18 heteroatoms. The lowest BCUT2D eigenvalue weighted by Crippen LogP contribution is -2.47. The Balaban J connectivity index is 1.57. The normalized spacial score (nSPS) is 19.5. The number of aliphatic imine (C=N–C) groups is 1. The van der Waals surface area contributed by atoms with E-state index in [1.165, 1.54) is 18.2 Å². The van der Waals surface area contributed by atoms with Gasteiger partial charge >= 0.3 is 18.3 Å². The maximum absolute atomic E-state index is 14.8. The lowest BCUT2D eigenvalue weighted by molar-refractivity contribution is -0.134. The molecule has 2 aliphatic heterocycles. The van der Waals surface area contributed by atoms with Crippen LogP contribution in [0.2, 0.25) is 5.02 Å². The van der Waals surface area contributed by atoms with E-state index in [1.807, 2.05) is 27.0 Å². The highest BCUT2D eigenvalue weighted by atomic mass is 35.5. The van der Waals surface area contributed by atoms with Crippen molar-refractivity contribution in [1.82, 2.24) is 25.3 Å². The molecular formula is C32H33ClF5N9O3. The average Bonchev–Trinajstić information content (AvgIpc) is 3.56. The van der Waals surface area contributed by atoms with Gasteiger partial charge in [0.1, 0.15) is 25.0 Å². The van der Waals surface area contributed by atoms with Crippen LogP contribution >= 0.6 is 11.6 Å². The second kappa shape index (κ2) is 13.3. The third kappa shape index (κ3) is 7.72.